The van der Waals surface area contributed by atoms with Crippen molar-refractivity contribution in [3.63, 3.8) is 0 Å². The van der Waals surface area contributed by atoms with E-state index >= 15 is 0 Å². The van der Waals surface area contributed by atoms with Crippen LogP contribution < -0.4 is 5.56 Å². The lowest BCUT2D eigenvalue weighted by atomic mass is 10.0. The van der Waals surface area contributed by atoms with Crippen LogP contribution in [0.4, 0.5) is 0 Å². The highest BCUT2D eigenvalue weighted by Gasteiger charge is 2.20. The third-order valence-corrected chi connectivity index (χ3v) is 5.76. The zero-order chi connectivity index (χ0) is 22.2. The fourth-order valence-corrected chi connectivity index (χ4v) is 4.04. The number of fused-ring (bicyclic) bond motifs is 4. The Morgan fingerprint density at radius 1 is 1.09 bits per heavy atom. The Bertz CT molecular complexity index is 1430. The van der Waals surface area contributed by atoms with E-state index in [4.69, 9.17) is 4.74 Å². The van der Waals surface area contributed by atoms with Crippen molar-refractivity contribution in [3.8, 4) is 11.1 Å². The molecule has 1 aliphatic rings. The van der Waals surface area contributed by atoms with E-state index in [0.29, 0.717) is 16.6 Å². The second-order valence-corrected chi connectivity index (χ2v) is 7.79. The molecule has 0 fully saturated rings. The Hall–Kier alpha value is -4.07. The molecule has 5 rings (SSSR count). The minimum absolute atomic E-state index is 0.0435. The highest BCUT2D eigenvalue weighted by Crippen LogP contribution is 2.36. The zero-order valence-corrected chi connectivity index (χ0v) is 17.4. The first-order valence-electron chi connectivity index (χ1n) is 10.3. The predicted molar refractivity (Wildman–Crippen MR) is 117 cm³/mol. The molecule has 8 heteroatoms. The molecule has 1 aliphatic carbocycles. The SMILES string of the molecule is Cn1ncc2c(=O)n(CCC(=O)OCC(=O)c3ccc4c(c3)-c3ccccc3C4)cnc21. The standard InChI is InChI=1S/C24H20N4O4/c1-27-23-20(12-26-27)24(31)28(14-25-23)9-8-22(30)32-13-21(29)17-7-6-16-10-15-4-2-3-5-18(15)19(16)11-17/h2-7,11-12,14H,8-10,13H2,1H3. The summed E-state index contributed by atoms with van der Waals surface area (Å²) in [5.41, 5.74) is 5.34. The summed E-state index contributed by atoms with van der Waals surface area (Å²) in [5.74, 6) is -0.816. The predicted octanol–water partition coefficient (Wildman–Crippen LogP) is 2.52. The quantitative estimate of drug-likeness (QED) is 0.305. The van der Waals surface area contributed by atoms with Crippen LogP contribution in [0.25, 0.3) is 22.2 Å². The van der Waals surface area contributed by atoms with Gasteiger partial charge in [0, 0.05) is 19.2 Å². The van der Waals surface area contributed by atoms with Crippen LogP contribution in [0, 0.1) is 0 Å². The number of aromatic nitrogens is 4. The van der Waals surface area contributed by atoms with Crippen LogP contribution >= 0.6 is 0 Å². The molecular weight excluding hydrogens is 408 g/mol. The van der Waals surface area contributed by atoms with Crippen LogP contribution in [-0.2, 0) is 29.5 Å². The van der Waals surface area contributed by atoms with Crippen molar-refractivity contribution in [1.82, 2.24) is 19.3 Å². The summed E-state index contributed by atoms with van der Waals surface area (Å²) in [7, 11) is 1.70. The molecule has 0 unspecified atom stereocenters. The molecule has 2 aromatic heterocycles. The fraction of sp³-hybridized carbons (Fsp3) is 0.208. The van der Waals surface area contributed by atoms with Crippen LogP contribution in [0.15, 0.2) is 59.8 Å². The van der Waals surface area contributed by atoms with Crippen LogP contribution in [-0.4, -0.2) is 37.7 Å². The summed E-state index contributed by atoms with van der Waals surface area (Å²) in [6, 6.07) is 13.7. The van der Waals surface area contributed by atoms with Crippen LogP contribution in [0.5, 0.6) is 0 Å². The number of Topliss-reactive ketones (excluding diaryl/α,β-unsaturated/α-hetero) is 1. The number of hydrogen-bond acceptors (Lipinski definition) is 6. The van der Waals surface area contributed by atoms with E-state index in [2.05, 4.69) is 22.2 Å². The number of carbonyl (C=O) groups is 2. The lowest BCUT2D eigenvalue weighted by Gasteiger charge is -2.08. The largest absolute Gasteiger partial charge is 0.457 e. The summed E-state index contributed by atoms with van der Waals surface area (Å²) in [4.78, 5) is 41.4. The first-order valence-corrected chi connectivity index (χ1v) is 10.3. The molecular formula is C24H20N4O4. The molecule has 0 radical (unpaired) electrons. The van der Waals surface area contributed by atoms with Crippen molar-refractivity contribution in [2.45, 2.75) is 19.4 Å². The average molecular weight is 428 g/mol. The van der Waals surface area contributed by atoms with Crippen molar-refractivity contribution >= 4 is 22.8 Å². The average Bonchev–Trinajstić information content (AvgIpc) is 3.37. The number of ketones is 1. The van der Waals surface area contributed by atoms with Gasteiger partial charge in [0.25, 0.3) is 5.56 Å². The molecule has 0 saturated heterocycles. The Kier molecular flexibility index (Phi) is 4.89. The molecule has 0 aliphatic heterocycles. The lowest BCUT2D eigenvalue weighted by molar-refractivity contribution is -0.142. The number of rotatable bonds is 6. The number of ether oxygens (including phenoxy) is 1. The van der Waals surface area contributed by atoms with Gasteiger partial charge in [0.15, 0.2) is 18.0 Å². The van der Waals surface area contributed by atoms with Crippen molar-refractivity contribution < 1.29 is 14.3 Å². The van der Waals surface area contributed by atoms with Crippen molar-refractivity contribution in [3.05, 3.63) is 82.0 Å². The van der Waals surface area contributed by atoms with Crippen LogP contribution in [0.2, 0.25) is 0 Å². The molecule has 0 saturated carbocycles. The van der Waals surface area contributed by atoms with E-state index in [1.807, 2.05) is 24.3 Å². The molecule has 2 heterocycles. The lowest BCUT2D eigenvalue weighted by Crippen LogP contribution is -2.23. The molecule has 0 N–H and O–H groups in total. The molecule has 160 valence electrons. The van der Waals surface area contributed by atoms with Gasteiger partial charge in [0.05, 0.1) is 18.9 Å². The molecule has 0 atom stereocenters. The van der Waals surface area contributed by atoms with Gasteiger partial charge in [-0.3, -0.25) is 23.6 Å². The van der Waals surface area contributed by atoms with E-state index in [9.17, 15) is 14.4 Å². The Morgan fingerprint density at radius 3 is 2.78 bits per heavy atom. The maximum atomic E-state index is 12.6. The second kappa shape index (κ2) is 7.88. The number of aryl methyl sites for hydroxylation is 2. The maximum absolute atomic E-state index is 12.6. The van der Waals surface area contributed by atoms with Gasteiger partial charge in [-0.1, -0.05) is 36.4 Å². The number of benzene rings is 2. The number of hydrogen-bond donors (Lipinski definition) is 0. The number of carbonyl (C=O) groups excluding carboxylic acids is 2. The topological polar surface area (TPSA) is 96.1 Å². The monoisotopic (exact) mass is 428 g/mol. The highest BCUT2D eigenvalue weighted by molar-refractivity contribution is 5.99. The van der Waals surface area contributed by atoms with Gasteiger partial charge in [-0.15, -0.1) is 0 Å². The highest BCUT2D eigenvalue weighted by atomic mass is 16.5. The van der Waals surface area contributed by atoms with Gasteiger partial charge < -0.3 is 4.74 Å². The zero-order valence-electron chi connectivity index (χ0n) is 17.4. The summed E-state index contributed by atoms with van der Waals surface area (Å²) >= 11 is 0. The molecule has 32 heavy (non-hydrogen) atoms. The van der Waals surface area contributed by atoms with Crippen molar-refractivity contribution in [2.24, 2.45) is 7.05 Å². The van der Waals surface area contributed by atoms with Crippen molar-refractivity contribution in [2.75, 3.05) is 6.61 Å². The van der Waals surface area contributed by atoms with Gasteiger partial charge in [0.1, 0.15) is 5.39 Å². The Morgan fingerprint density at radius 2 is 1.91 bits per heavy atom. The second-order valence-electron chi connectivity index (χ2n) is 7.79. The van der Waals surface area contributed by atoms with E-state index in [0.717, 1.165) is 17.5 Å². The molecule has 4 aromatic rings. The first kappa shape index (κ1) is 19.9. The normalized spacial score (nSPS) is 11.9. The Labute approximate surface area is 183 Å². The van der Waals surface area contributed by atoms with E-state index in [1.165, 1.54) is 32.9 Å². The van der Waals surface area contributed by atoms with Crippen LogP contribution in [0.1, 0.15) is 27.9 Å². The smallest absolute Gasteiger partial charge is 0.308 e. The molecule has 0 amide bonds. The van der Waals surface area contributed by atoms with Gasteiger partial charge >= 0.3 is 5.97 Å². The van der Waals surface area contributed by atoms with Crippen molar-refractivity contribution in [1.29, 1.82) is 0 Å². The Balaban J connectivity index is 1.21. The fourth-order valence-electron chi connectivity index (χ4n) is 4.04. The van der Waals surface area contributed by atoms with E-state index in [1.54, 1.807) is 13.1 Å². The van der Waals surface area contributed by atoms with Crippen LogP contribution in [0.3, 0.4) is 0 Å². The summed E-state index contributed by atoms with van der Waals surface area (Å²) in [5, 5.41) is 4.40. The number of nitrogens with zero attached hydrogens (tertiary/aromatic N) is 4. The number of esters is 1. The van der Waals surface area contributed by atoms with Gasteiger partial charge in [0.2, 0.25) is 0 Å². The third-order valence-electron chi connectivity index (χ3n) is 5.76. The summed E-state index contributed by atoms with van der Waals surface area (Å²) < 4.78 is 8.01. The first-order chi connectivity index (χ1) is 15.5. The molecule has 0 spiro atoms. The van der Waals surface area contributed by atoms with Gasteiger partial charge in [-0.2, -0.15) is 5.10 Å². The third kappa shape index (κ3) is 3.49. The van der Waals surface area contributed by atoms with E-state index < -0.39 is 5.97 Å². The minimum atomic E-state index is -0.553. The molecule has 0 bridgehead atoms. The van der Waals surface area contributed by atoms with E-state index in [-0.39, 0.29) is 30.9 Å². The minimum Gasteiger partial charge on any atom is -0.457 e. The van der Waals surface area contributed by atoms with Gasteiger partial charge in [-0.25, -0.2) is 4.98 Å². The molecule has 8 nitrogen and oxygen atoms in total. The summed E-state index contributed by atoms with van der Waals surface area (Å²) in [6.45, 7) is -0.229. The molecule has 2 aromatic carbocycles. The summed E-state index contributed by atoms with van der Waals surface area (Å²) in [6.07, 6.45) is 3.65. The maximum Gasteiger partial charge on any atom is 0.308 e. The van der Waals surface area contributed by atoms with Gasteiger partial charge in [-0.05, 0) is 34.7 Å².